The largest absolute Gasteiger partial charge is 0.379 e. The number of nitrogens with zero attached hydrogens (tertiary/aromatic N) is 4. The molecule has 0 aliphatic carbocycles. The number of carbonyl (C=O) groups is 1. The zero-order chi connectivity index (χ0) is 23.2. The SMILES string of the molecule is Cc1ccc(NC(=O)CSc2nnc(-c3ccc(F)cc3)n2CCN2CCOCC2)cc1Cl. The molecule has 174 valence electrons. The number of ether oxygens (including phenoxy) is 1. The van der Waals surface area contributed by atoms with Crippen molar-refractivity contribution in [2.24, 2.45) is 0 Å². The van der Waals surface area contributed by atoms with Crippen molar-refractivity contribution in [3.8, 4) is 11.4 Å². The molecule has 0 unspecified atom stereocenters. The van der Waals surface area contributed by atoms with Gasteiger partial charge in [0.25, 0.3) is 0 Å². The first-order chi connectivity index (χ1) is 16.0. The molecule has 1 N–H and O–H groups in total. The fraction of sp³-hybridized carbons (Fsp3) is 0.348. The summed E-state index contributed by atoms with van der Waals surface area (Å²) in [7, 11) is 0. The Kier molecular flexibility index (Phi) is 7.97. The van der Waals surface area contributed by atoms with Gasteiger partial charge in [0.2, 0.25) is 5.91 Å². The van der Waals surface area contributed by atoms with E-state index in [2.05, 4.69) is 20.4 Å². The molecule has 2 heterocycles. The van der Waals surface area contributed by atoms with Crippen molar-refractivity contribution in [3.05, 3.63) is 58.9 Å². The molecule has 1 amide bonds. The number of hydrogen-bond acceptors (Lipinski definition) is 6. The number of nitrogens with one attached hydrogen (secondary N) is 1. The summed E-state index contributed by atoms with van der Waals surface area (Å²) in [5.74, 6) is 0.355. The molecule has 0 radical (unpaired) electrons. The van der Waals surface area contributed by atoms with E-state index in [1.807, 2.05) is 23.6 Å². The van der Waals surface area contributed by atoms with E-state index in [0.29, 0.717) is 28.2 Å². The summed E-state index contributed by atoms with van der Waals surface area (Å²) in [5, 5.41) is 12.8. The van der Waals surface area contributed by atoms with Gasteiger partial charge in [-0.25, -0.2) is 4.39 Å². The van der Waals surface area contributed by atoms with Crippen molar-refractivity contribution in [1.29, 1.82) is 0 Å². The summed E-state index contributed by atoms with van der Waals surface area (Å²) < 4.78 is 20.8. The van der Waals surface area contributed by atoms with Gasteiger partial charge in [0.15, 0.2) is 11.0 Å². The third kappa shape index (κ3) is 6.32. The Hall–Kier alpha value is -2.46. The molecule has 1 saturated heterocycles. The number of hydrogen-bond donors (Lipinski definition) is 1. The minimum atomic E-state index is -0.305. The second-order valence-corrected chi connectivity index (χ2v) is 9.07. The molecular formula is C23H25ClFN5O2S. The first kappa shape index (κ1) is 23.7. The summed E-state index contributed by atoms with van der Waals surface area (Å²) in [6.07, 6.45) is 0. The molecule has 1 aromatic heterocycles. The molecule has 1 aliphatic heterocycles. The molecule has 0 bridgehead atoms. The number of aromatic nitrogens is 3. The normalized spacial score (nSPS) is 14.4. The maximum Gasteiger partial charge on any atom is 0.234 e. The predicted octanol–water partition coefficient (Wildman–Crippen LogP) is 4.11. The van der Waals surface area contributed by atoms with Crippen molar-refractivity contribution < 1.29 is 13.9 Å². The molecule has 0 saturated carbocycles. The van der Waals surface area contributed by atoms with E-state index in [4.69, 9.17) is 16.3 Å². The quantitative estimate of drug-likeness (QED) is 0.480. The lowest BCUT2D eigenvalue weighted by molar-refractivity contribution is -0.113. The fourth-order valence-electron chi connectivity index (χ4n) is 3.47. The minimum Gasteiger partial charge on any atom is -0.379 e. The number of morpholine rings is 1. The Morgan fingerprint density at radius 1 is 1.15 bits per heavy atom. The summed E-state index contributed by atoms with van der Waals surface area (Å²) in [6.45, 7) is 6.55. The second kappa shape index (κ2) is 11.1. The van der Waals surface area contributed by atoms with Crippen LogP contribution < -0.4 is 5.32 Å². The van der Waals surface area contributed by atoms with Gasteiger partial charge in [0, 0.05) is 42.5 Å². The van der Waals surface area contributed by atoms with Crippen LogP contribution in [0.15, 0.2) is 47.6 Å². The average Bonchev–Trinajstić information content (AvgIpc) is 3.22. The van der Waals surface area contributed by atoms with Crippen molar-refractivity contribution in [3.63, 3.8) is 0 Å². The number of rotatable bonds is 8. The van der Waals surface area contributed by atoms with Crippen LogP contribution in [0.25, 0.3) is 11.4 Å². The highest BCUT2D eigenvalue weighted by atomic mass is 35.5. The van der Waals surface area contributed by atoms with Gasteiger partial charge in [-0.05, 0) is 48.9 Å². The lowest BCUT2D eigenvalue weighted by Crippen LogP contribution is -2.38. The third-order valence-electron chi connectivity index (χ3n) is 5.35. The van der Waals surface area contributed by atoms with Crippen LogP contribution in [0.5, 0.6) is 0 Å². The highest BCUT2D eigenvalue weighted by molar-refractivity contribution is 7.99. The number of thioether (sulfide) groups is 1. The Labute approximate surface area is 201 Å². The average molecular weight is 490 g/mol. The second-order valence-electron chi connectivity index (χ2n) is 7.72. The van der Waals surface area contributed by atoms with Gasteiger partial charge in [-0.2, -0.15) is 0 Å². The summed E-state index contributed by atoms with van der Waals surface area (Å²) in [5.41, 5.74) is 2.37. The lowest BCUT2D eigenvalue weighted by Gasteiger charge is -2.27. The number of carbonyl (C=O) groups excluding carboxylic acids is 1. The molecule has 0 spiro atoms. The maximum atomic E-state index is 13.4. The van der Waals surface area contributed by atoms with Crippen molar-refractivity contribution in [1.82, 2.24) is 19.7 Å². The van der Waals surface area contributed by atoms with Gasteiger partial charge in [0.05, 0.1) is 19.0 Å². The van der Waals surface area contributed by atoms with Crippen molar-refractivity contribution in [2.45, 2.75) is 18.6 Å². The Bertz CT molecular complexity index is 1100. The molecule has 7 nitrogen and oxygen atoms in total. The predicted molar refractivity (Wildman–Crippen MR) is 128 cm³/mol. The number of aryl methyl sites for hydroxylation is 1. The van der Waals surface area contributed by atoms with Crippen molar-refractivity contribution >= 4 is 35.0 Å². The summed E-state index contributed by atoms with van der Waals surface area (Å²) in [6, 6.07) is 11.6. The molecule has 4 rings (SSSR count). The van der Waals surface area contributed by atoms with Gasteiger partial charge in [-0.15, -0.1) is 10.2 Å². The van der Waals surface area contributed by atoms with Crippen LogP contribution in [0.3, 0.4) is 0 Å². The first-order valence-corrected chi connectivity index (χ1v) is 12.0. The van der Waals surface area contributed by atoms with E-state index in [0.717, 1.165) is 44.0 Å². The third-order valence-corrected chi connectivity index (χ3v) is 6.72. The molecule has 0 atom stereocenters. The molecular weight excluding hydrogens is 465 g/mol. The smallest absolute Gasteiger partial charge is 0.234 e. The standard InChI is InChI=1S/C23H25ClFN5O2S/c1-16-2-7-19(14-20(16)24)26-21(31)15-33-23-28-27-22(17-3-5-18(25)6-4-17)30(23)9-8-29-10-12-32-13-11-29/h2-7,14H,8-13,15H2,1H3,(H,26,31). The molecule has 2 aromatic carbocycles. The number of anilines is 1. The van der Waals surface area contributed by atoms with E-state index in [9.17, 15) is 9.18 Å². The molecule has 1 fully saturated rings. The molecule has 33 heavy (non-hydrogen) atoms. The number of benzene rings is 2. The highest BCUT2D eigenvalue weighted by Crippen LogP contribution is 2.25. The topological polar surface area (TPSA) is 72.3 Å². The van der Waals surface area contributed by atoms with E-state index in [-0.39, 0.29) is 17.5 Å². The van der Waals surface area contributed by atoms with Gasteiger partial charge in [0.1, 0.15) is 5.82 Å². The molecule has 3 aromatic rings. The van der Waals surface area contributed by atoms with Crippen LogP contribution in [0.2, 0.25) is 5.02 Å². The number of amides is 1. The van der Waals surface area contributed by atoms with Crippen LogP contribution in [0.1, 0.15) is 5.56 Å². The maximum absolute atomic E-state index is 13.4. The summed E-state index contributed by atoms with van der Waals surface area (Å²) >= 11 is 7.46. The minimum absolute atomic E-state index is 0.161. The van der Waals surface area contributed by atoms with Crippen LogP contribution >= 0.6 is 23.4 Å². The van der Waals surface area contributed by atoms with Crippen LogP contribution in [0.4, 0.5) is 10.1 Å². The van der Waals surface area contributed by atoms with Crippen LogP contribution in [-0.2, 0) is 16.1 Å². The number of halogens is 2. The lowest BCUT2D eigenvalue weighted by atomic mass is 10.2. The Morgan fingerprint density at radius 2 is 1.91 bits per heavy atom. The van der Waals surface area contributed by atoms with E-state index in [1.54, 1.807) is 18.2 Å². The monoisotopic (exact) mass is 489 g/mol. The zero-order valence-electron chi connectivity index (χ0n) is 18.3. The van der Waals surface area contributed by atoms with E-state index in [1.165, 1.54) is 23.9 Å². The fourth-order valence-corrected chi connectivity index (χ4v) is 4.42. The van der Waals surface area contributed by atoms with Crippen LogP contribution in [-0.4, -0.2) is 64.2 Å². The zero-order valence-corrected chi connectivity index (χ0v) is 19.8. The van der Waals surface area contributed by atoms with Gasteiger partial charge >= 0.3 is 0 Å². The first-order valence-electron chi connectivity index (χ1n) is 10.7. The van der Waals surface area contributed by atoms with Gasteiger partial charge < -0.3 is 14.6 Å². The van der Waals surface area contributed by atoms with Crippen LogP contribution in [0, 0.1) is 12.7 Å². The van der Waals surface area contributed by atoms with Crippen molar-refractivity contribution in [2.75, 3.05) is 43.9 Å². The van der Waals surface area contributed by atoms with E-state index >= 15 is 0 Å². The summed E-state index contributed by atoms with van der Waals surface area (Å²) in [4.78, 5) is 14.8. The Morgan fingerprint density at radius 3 is 2.64 bits per heavy atom. The molecule has 10 heteroatoms. The highest BCUT2D eigenvalue weighted by Gasteiger charge is 2.18. The van der Waals surface area contributed by atoms with E-state index < -0.39 is 0 Å². The molecule has 1 aliphatic rings. The Balaban J connectivity index is 1.46. The van der Waals surface area contributed by atoms with Gasteiger partial charge in [-0.3, -0.25) is 9.69 Å². The van der Waals surface area contributed by atoms with Gasteiger partial charge in [-0.1, -0.05) is 29.4 Å².